The lowest BCUT2D eigenvalue weighted by Crippen LogP contribution is -2.27. The van der Waals surface area contributed by atoms with Crippen molar-refractivity contribution in [2.75, 3.05) is 4.90 Å². The predicted molar refractivity (Wildman–Crippen MR) is 104 cm³/mol. The number of anilines is 1. The molecule has 0 atom stereocenters. The molecule has 0 saturated heterocycles. The van der Waals surface area contributed by atoms with E-state index in [1.165, 1.54) is 0 Å². The Balaban J connectivity index is 2.68. The summed E-state index contributed by atoms with van der Waals surface area (Å²) in [7, 11) is 0. The lowest BCUT2D eigenvalue weighted by Gasteiger charge is -2.29. The second-order valence-electron chi connectivity index (χ2n) is 8.50. The molecule has 0 fully saturated rings. The van der Waals surface area contributed by atoms with Crippen LogP contribution in [-0.4, -0.2) is 11.0 Å². The Hall–Kier alpha value is -2.80. The zero-order chi connectivity index (χ0) is 19.7. The molecule has 0 radical (unpaired) electrons. The number of rotatable bonds is 2. The van der Waals surface area contributed by atoms with Crippen molar-refractivity contribution < 1.29 is 9.90 Å². The minimum atomic E-state index is -0.390. The molecule has 2 aromatic carbocycles. The molecule has 2 aromatic rings. The van der Waals surface area contributed by atoms with Crippen molar-refractivity contribution in [3.05, 3.63) is 59.2 Å². The van der Waals surface area contributed by atoms with E-state index in [-0.39, 0.29) is 16.6 Å². The number of carbonyl (C=O) groups is 1. The highest BCUT2D eigenvalue weighted by Gasteiger charge is 2.29. The lowest BCUT2D eigenvalue weighted by molar-refractivity contribution is 0.0999. The summed E-state index contributed by atoms with van der Waals surface area (Å²) >= 11 is 0. The van der Waals surface area contributed by atoms with Gasteiger partial charge in [0.05, 0.1) is 5.69 Å². The standard InChI is InChI=1S/C22H26N2O2/c1-21(2,3)17-12-16(13-18(19(17)25)22(4,5)6)24(14-23)20(26)15-10-8-7-9-11-15/h7-13,25H,1-6H3. The molecule has 0 bridgehead atoms. The van der Waals surface area contributed by atoms with Gasteiger partial charge in [-0.25, -0.2) is 4.90 Å². The average Bonchev–Trinajstić information content (AvgIpc) is 2.55. The number of hydrogen-bond acceptors (Lipinski definition) is 3. The smallest absolute Gasteiger partial charge is 0.271 e. The van der Waals surface area contributed by atoms with E-state index in [2.05, 4.69) is 0 Å². The summed E-state index contributed by atoms with van der Waals surface area (Å²) in [5.41, 5.74) is 1.65. The minimum absolute atomic E-state index is 0.221. The zero-order valence-corrected chi connectivity index (χ0v) is 16.3. The average molecular weight is 350 g/mol. The van der Waals surface area contributed by atoms with Crippen LogP contribution in [-0.2, 0) is 10.8 Å². The molecule has 0 spiro atoms. The van der Waals surface area contributed by atoms with E-state index >= 15 is 0 Å². The number of benzene rings is 2. The number of nitriles is 1. The summed E-state index contributed by atoms with van der Waals surface area (Å²) in [5.74, 6) is -0.169. The van der Waals surface area contributed by atoms with Gasteiger partial charge in [-0.3, -0.25) is 4.79 Å². The van der Waals surface area contributed by atoms with Crippen LogP contribution < -0.4 is 4.90 Å². The Morgan fingerprint density at radius 3 is 1.81 bits per heavy atom. The summed E-state index contributed by atoms with van der Waals surface area (Å²) in [6.07, 6.45) is 2.00. The quantitative estimate of drug-likeness (QED) is 0.604. The summed E-state index contributed by atoms with van der Waals surface area (Å²) in [6.45, 7) is 12.0. The molecular formula is C22H26N2O2. The first kappa shape index (κ1) is 19.5. The number of phenolic OH excluding ortho intramolecular Hbond substituents is 1. The zero-order valence-electron chi connectivity index (χ0n) is 16.3. The third-order valence-electron chi connectivity index (χ3n) is 4.29. The molecule has 0 heterocycles. The van der Waals surface area contributed by atoms with Crippen LogP contribution >= 0.6 is 0 Å². The van der Waals surface area contributed by atoms with Crippen LogP contribution in [0.2, 0.25) is 0 Å². The normalized spacial score (nSPS) is 11.7. The number of carbonyl (C=O) groups excluding carboxylic acids is 1. The van der Waals surface area contributed by atoms with Crippen molar-refractivity contribution in [3.63, 3.8) is 0 Å². The van der Waals surface area contributed by atoms with Crippen molar-refractivity contribution in [3.8, 4) is 11.9 Å². The van der Waals surface area contributed by atoms with Gasteiger partial charge >= 0.3 is 0 Å². The van der Waals surface area contributed by atoms with Gasteiger partial charge in [0.2, 0.25) is 0 Å². The van der Waals surface area contributed by atoms with Crippen molar-refractivity contribution in [2.45, 2.75) is 52.4 Å². The van der Waals surface area contributed by atoms with E-state index in [4.69, 9.17) is 0 Å². The molecule has 26 heavy (non-hydrogen) atoms. The Morgan fingerprint density at radius 1 is 0.962 bits per heavy atom. The van der Waals surface area contributed by atoms with Gasteiger partial charge in [0.1, 0.15) is 5.75 Å². The molecule has 2 rings (SSSR count). The second kappa shape index (κ2) is 6.84. The van der Waals surface area contributed by atoms with Crippen LogP contribution in [0.3, 0.4) is 0 Å². The molecule has 1 N–H and O–H groups in total. The van der Waals surface area contributed by atoms with Crippen LogP contribution in [0.15, 0.2) is 42.5 Å². The van der Waals surface area contributed by atoms with Crippen molar-refractivity contribution in [1.29, 1.82) is 5.26 Å². The van der Waals surface area contributed by atoms with Crippen LogP contribution in [0.1, 0.15) is 63.0 Å². The molecule has 136 valence electrons. The number of amides is 1. The molecule has 4 nitrogen and oxygen atoms in total. The van der Waals surface area contributed by atoms with E-state index < -0.39 is 5.91 Å². The largest absolute Gasteiger partial charge is 0.507 e. The maximum atomic E-state index is 12.8. The van der Waals surface area contributed by atoms with E-state index in [0.29, 0.717) is 22.4 Å². The predicted octanol–water partition coefficient (Wildman–Crippen LogP) is 5.12. The Bertz CT molecular complexity index is 815. The number of hydrogen-bond donors (Lipinski definition) is 1. The lowest BCUT2D eigenvalue weighted by atomic mass is 9.79. The fourth-order valence-corrected chi connectivity index (χ4v) is 2.82. The fourth-order valence-electron chi connectivity index (χ4n) is 2.82. The van der Waals surface area contributed by atoms with Gasteiger partial charge < -0.3 is 5.11 Å². The summed E-state index contributed by atoms with van der Waals surface area (Å²) in [4.78, 5) is 13.9. The van der Waals surface area contributed by atoms with Gasteiger partial charge in [-0.1, -0.05) is 59.7 Å². The number of nitrogens with zero attached hydrogens (tertiary/aromatic N) is 2. The Labute approximate surface area is 155 Å². The van der Waals surface area contributed by atoms with Crippen LogP contribution in [0.4, 0.5) is 5.69 Å². The van der Waals surface area contributed by atoms with Crippen LogP contribution in [0, 0.1) is 11.5 Å². The van der Waals surface area contributed by atoms with Crippen LogP contribution in [0.5, 0.6) is 5.75 Å². The van der Waals surface area contributed by atoms with Gasteiger partial charge in [0, 0.05) is 16.7 Å². The van der Waals surface area contributed by atoms with Gasteiger partial charge in [0.25, 0.3) is 5.91 Å². The number of phenols is 1. The molecule has 0 unspecified atom stereocenters. The molecule has 0 aliphatic heterocycles. The van der Waals surface area contributed by atoms with Crippen molar-refractivity contribution in [1.82, 2.24) is 0 Å². The highest BCUT2D eigenvalue weighted by molar-refractivity contribution is 6.08. The van der Waals surface area contributed by atoms with Gasteiger partial charge in [-0.2, -0.15) is 5.26 Å². The molecule has 4 heteroatoms. The summed E-state index contributed by atoms with van der Waals surface area (Å²) < 4.78 is 0. The molecule has 0 aliphatic carbocycles. The van der Waals surface area contributed by atoms with E-state index in [0.717, 1.165) is 4.90 Å². The monoisotopic (exact) mass is 350 g/mol. The molecule has 1 amide bonds. The third-order valence-corrected chi connectivity index (χ3v) is 4.29. The number of aromatic hydroxyl groups is 1. The maximum absolute atomic E-state index is 12.8. The molecule has 0 aromatic heterocycles. The fraction of sp³-hybridized carbons (Fsp3) is 0.364. The first-order valence-electron chi connectivity index (χ1n) is 8.64. The highest BCUT2D eigenvalue weighted by atomic mass is 16.3. The first-order valence-corrected chi connectivity index (χ1v) is 8.64. The minimum Gasteiger partial charge on any atom is -0.507 e. The third kappa shape index (κ3) is 3.88. The molecular weight excluding hydrogens is 324 g/mol. The first-order chi connectivity index (χ1) is 12.0. The van der Waals surface area contributed by atoms with Crippen molar-refractivity contribution >= 4 is 11.6 Å². The van der Waals surface area contributed by atoms with E-state index in [1.807, 2.05) is 53.8 Å². The molecule has 0 saturated carbocycles. The SMILES string of the molecule is CC(C)(C)c1cc(N(C#N)C(=O)c2ccccc2)cc(C(C)(C)C)c1O. The van der Waals surface area contributed by atoms with E-state index in [1.54, 1.807) is 36.4 Å². The summed E-state index contributed by atoms with van der Waals surface area (Å²) in [6, 6.07) is 12.2. The Morgan fingerprint density at radius 2 is 1.42 bits per heavy atom. The van der Waals surface area contributed by atoms with Gasteiger partial charge in [-0.15, -0.1) is 0 Å². The van der Waals surface area contributed by atoms with Crippen molar-refractivity contribution in [2.24, 2.45) is 0 Å². The Kier molecular flexibility index (Phi) is 5.13. The van der Waals surface area contributed by atoms with Gasteiger partial charge in [0.15, 0.2) is 6.19 Å². The highest BCUT2D eigenvalue weighted by Crippen LogP contribution is 2.41. The van der Waals surface area contributed by atoms with E-state index in [9.17, 15) is 15.2 Å². The van der Waals surface area contributed by atoms with Crippen LogP contribution in [0.25, 0.3) is 0 Å². The summed E-state index contributed by atoms with van der Waals surface area (Å²) in [5, 5.41) is 20.5. The maximum Gasteiger partial charge on any atom is 0.271 e. The topological polar surface area (TPSA) is 64.3 Å². The second-order valence-corrected chi connectivity index (χ2v) is 8.50. The van der Waals surface area contributed by atoms with Gasteiger partial charge in [-0.05, 0) is 35.1 Å². The molecule has 0 aliphatic rings.